The molecule has 0 aromatic heterocycles. The van der Waals surface area contributed by atoms with Crippen molar-refractivity contribution in [1.29, 1.82) is 0 Å². The molecule has 0 radical (unpaired) electrons. The summed E-state index contributed by atoms with van der Waals surface area (Å²) in [5.41, 5.74) is 2.08. The number of ether oxygens (including phenoxy) is 1. The molecule has 1 aliphatic rings. The van der Waals surface area contributed by atoms with Gasteiger partial charge in [0, 0.05) is 12.2 Å². The molecule has 1 aliphatic heterocycles. The lowest BCUT2D eigenvalue weighted by molar-refractivity contribution is -0.120. The molecule has 0 saturated carbocycles. The molecule has 1 N–H and O–H groups in total. The summed E-state index contributed by atoms with van der Waals surface area (Å²) in [5.74, 6) is 0.851. The molecule has 1 saturated heterocycles. The van der Waals surface area contributed by atoms with E-state index in [0.29, 0.717) is 0 Å². The summed E-state index contributed by atoms with van der Waals surface area (Å²) in [7, 11) is 1.64. The number of carbonyl (C=O) groups excluding carboxylic acids is 1. The molecule has 0 aliphatic carbocycles. The van der Waals surface area contributed by atoms with Gasteiger partial charge in [-0.05, 0) is 60.0 Å². The Morgan fingerprint density at radius 3 is 2.67 bits per heavy atom. The molecule has 1 atom stereocenters. The number of nitrogens with zero attached hydrogens (tertiary/aromatic N) is 1. The smallest absolute Gasteiger partial charge is 0.241 e. The van der Waals surface area contributed by atoms with Crippen molar-refractivity contribution in [3.8, 4) is 5.75 Å². The van der Waals surface area contributed by atoms with Gasteiger partial charge in [-0.1, -0.05) is 42.5 Å². The van der Waals surface area contributed by atoms with Crippen LogP contribution in [0, 0.1) is 0 Å². The number of methoxy groups -OCH3 is 1. The maximum atomic E-state index is 12.8. The van der Waals surface area contributed by atoms with E-state index in [1.165, 1.54) is 16.3 Å². The predicted molar refractivity (Wildman–Crippen MR) is 109 cm³/mol. The second kappa shape index (κ2) is 7.80. The standard InChI is InChI=1S/C23H24N2O2/c1-27-20-13-11-19(12-14-20)24-23(26)22-10-5-15-25(22)16-18-8-4-7-17-6-2-3-9-21(17)18/h2-4,6-9,11-14,22H,5,10,15-16H2,1H3,(H,24,26). The summed E-state index contributed by atoms with van der Waals surface area (Å²) in [6.07, 6.45) is 1.94. The molecule has 3 aromatic carbocycles. The van der Waals surface area contributed by atoms with Crippen molar-refractivity contribution in [3.05, 3.63) is 72.3 Å². The summed E-state index contributed by atoms with van der Waals surface area (Å²) in [6.45, 7) is 1.74. The van der Waals surface area contributed by atoms with Crippen LogP contribution >= 0.6 is 0 Å². The first-order valence-corrected chi connectivity index (χ1v) is 9.40. The molecule has 1 unspecified atom stereocenters. The number of hydrogen-bond donors (Lipinski definition) is 1. The SMILES string of the molecule is COc1ccc(NC(=O)C2CCCN2Cc2cccc3ccccc23)cc1. The summed E-state index contributed by atoms with van der Waals surface area (Å²) >= 11 is 0. The number of rotatable bonds is 5. The van der Waals surface area contributed by atoms with E-state index in [9.17, 15) is 4.79 Å². The highest BCUT2D eigenvalue weighted by molar-refractivity contribution is 5.95. The van der Waals surface area contributed by atoms with Crippen LogP contribution in [0.3, 0.4) is 0 Å². The lowest BCUT2D eigenvalue weighted by Gasteiger charge is -2.24. The van der Waals surface area contributed by atoms with Crippen molar-refractivity contribution >= 4 is 22.4 Å². The van der Waals surface area contributed by atoms with Gasteiger partial charge >= 0.3 is 0 Å². The lowest BCUT2D eigenvalue weighted by atomic mass is 10.0. The predicted octanol–water partition coefficient (Wildman–Crippen LogP) is 4.45. The summed E-state index contributed by atoms with van der Waals surface area (Å²) < 4.78 is 5.17. The van der Waals surface area contributed by atoms with Gasteiger partial charge in [-0.15, -0.1) is 0 Å². The van der Waals surface area contributed by atoms with Crippen molar-refractivity contribution in [2.75, 3.05) is 19.0 Å². The molecule has 4 rings (SSSR count). The van der Waals surface area contributed by atoms with Crippen LogP contribution in [-0.4, -0.2) is 30.5 Å². The molecule has 4 nitrogen and oxygen atoms in total. The fourth-order valence-electron chi connectivity index (χ4n) is 3.86. The lowest BCUT2D eigenvalue weighted by Crippen LogP contribution is -2.39. The van der Waals surface area contributed by atoms with E-state index in [1.807, 2.05) is 24.3 Å². The Morgan fingerprint density at radius 1 is 1.07 bits per heavy atom. The van der Waals surface area contributed by atoms with Gasteiger partial charge in [0.1, 0.15) is 5.75 Å². The van der Waals surface area contributed by atoms with Gasteiger partial charge in [0.15, 0.2) is 0 Å². The topological polar surface area (TPSA) is 41.6 Å². The van der Waals surface area contributed by atoms with Gasteiger partial charge in [-0.2, -0.15) is 0 Å². The third-order valence-corrected chi connectivity index (χ3v) is 5.28. The van der Waals surface area contributed by atoms with Crippen molar-refractivity contribution in [1.82, 2.24) is 4.90 Å². The molecular formula is C23H24N2O2. The molecular weight excluding hydrogens is 336 g/mol. The van der Waals surface area contributed by atoms with Gasteiger partial charge in [0.2, 0.25) is 5.91 Å². The number of fused-ring (bicyclic) bond motifs is 1. The minimum Gasteiger partial charge on any atom is -0.497 e. The van der Waals surface area contributed by atoms with Crippen LogP contribution in [0.4, 0.5) is 5.69 Å². The number of amides is 1. The number of carbonyl (C=O) groups is 1. The van der Waals surface area contributed by atoms with E-state index in [-0.39, 0.29) is 11.9 Å². The number of benzene rings is 3. The van der Waals surface area contributed by atoms with Crippen molar-refractivity contribution in [2.24, 2.45) is 0 Å². The molecule has 0 spiro atoms. The normalized spacial score (nSPS) is 17.1. The van der Waals surface area contributed by atoms with Gasteiger partial charge in [0.05, 0.1) is 13.2 Å². The molecule has 1 heterocycles. The molecule has 4 heteroatoms. The monoisotopic (exact) mass is 360 g/mol. The molecule has 1 amide bonds. The van der Waals surface area contributed by atoms with E-state index in [0.717, 1.165) is 37.4 Å². The number of likely N-dealkylation sites (tertiary alicyclic amines) is 1. The fraction of sp³-hybridized carbons (Fsp3) is 0.261. The number of hydrogen-bond acceptors (Lipinski definition) is 3. The molecule has 1 fully saturated rings. The highest BCUT2D eigenvalue weighted by atomic mass is 16.5. The second-order valence-corrected chi connectivity index (χ2v) is 6.98. The minimum atomic E-state index is -0.0916. The van der Waals surface area contributed by atoms with Crippen LogP contribution in [0.2, 0.25) is 0 Å². The van der Waals surface area contributed by atoms with Crippen LogP contribution in [0.25, 0.3) is 10.8 Å². The largest absolute Gasteiger partial charge is 0.497 e. The minimum absolute atomic E-state index is 0.0675. The van der Waals surface area contributed by atoms with Crippen molar-refractivity contribution in [3.63, 3.8) is 0 Å². The Bertz CT molecular complexity index is 931. The van der Waals surface area contributed by atoms with Crippen LogP contribution in [0.15, 0.2) is 66.7 Å². The van der Waals surface area contributed by atoms with Crippen LogP contribution in [0.5, 0.6) is 5.75 Å². The summed E-state index contributed by atoms with van der Waals surface area (Å²) in [6, 6.07) is 22.2. The maximum Gasteiger partial charge on any atom is 0.241 e. The Balaban J connectivity index is 1.48. The first-order chi connectivity index (χ1) is 13.2. The van der Waals surface area contributed by atoms with Crippen LogP contribution in [-0.2, 0) is 11.3 Å². The number of nitrogens with one attached hydrogen (secondary N) is 1. The Kier molecular flexibility index (Phi) is 5.07. The fourth-order valence-corrected chi connectivity index (χ4v) is 3.86. The molecule has 27 heavy (non-hydrogen) atoms. The van der Waals surface area contributed by atoms with Crippen molar-refractivity contribution < 1.29 is 9.53 Å². The summed E-state index contributed by atoms with van der Waals surface area (Å²) in [5, 5.41) is 5.56. The van der Waals surface area contributed by atoms with Gasteiger partial charge in [-0.25, -0.2) is 0 Å². The van der Waals surface area contributed by atoms with Crippen LogP contribution < -0.4 is 10.1 Å². The highest BCUT2D eigenvalue weighted by Gasteiger charge is 2.30. The quantitative estimate of drug-likeness (QED) is 0.731. The zero-order chi connectivity index (χ0) is 18.6. The van der Waals surface area contributed by atoms with Crippen molar-refractivity contribution in [2.45, 2.75) is 25.4 Å². The van der Waals surface area contributed by atoms with Crippen LogP contribution in [0.1, 0.15) is 18.4 Å². The third-order valence-electron chi connectivity index (χ3n) is 5.28. The molecule has 0 bridgehead atoms. The van der Waals surface area contributed by atoms with E-state index < -0.39 is 0 Å². The number of anilines is 1. The molecule has 3 aromatic rings. The van der Waals surface area contributed by atoms with E-state index in [2.05, 4.69) is 52.7 Å². The molecule has 138 valence electrons. The zero-order valence-electron chi connectivity index (χ0n) is 15.5. The first kappa shape index (κ1) is 17.6. The van der Waals surface area contributed by atoms with Gasteiger partial charge in [-0.3, -0.25) is 9.69 Å². The maximum absolute atomic E-state index is 12.8. The van der Waals surface area contributed by atoms with E-state index in [1.54, 1.807) is 7.11 Å². The average molecular weight is 360 g/mol. The highest BCUT2D eigenvalue weighted by Crippen LogP contribution is 2.26. The zero-order valence-corrected chi connectivity index (χ0v) is 15.5. The van der Waals surface area contributed by atoms with E-state index >= 15 is 0 Å². The Hall–Kier alpha value is -2.85. The van der Waals surface area contributed by atoms with Gasteiger partial charge < -0.3 is 10.1 Å². The summed E-state index contributed by atoms with van der Waals surface area (Å²) in [4.78, 5) is 15.1. The third kappa shape index (κ3) is 3.81. The Labute approximate surface area is 159 Å². The van der Waals surface area contributed by atoms with Gasteiger partial charge in [0.25, 0.3) is 0 Å². The Morgan fingerprint density at radius 2 is 1.85 bits per heavy atom. The van der Waals surface area contributed by atoms with E-state index in [4.69, 9.17) is 4.74 Å². The average Bonchev–Trinajstić information content (AvgIpc) is 3.17. The second-order valence-electron chi connectivity index (χ2n) is 6.98. The first-order valence-electron chi connectivity index (χ1n) is 9.40.